The molecule has 1 fully saturated rings. The van der Waals surface area contributed by atoms with Crippen LogP contribution >= 0.6 is 0 Å². The van der Waals surface area contributed by atoms with Crippen molar-refractivity contribution in [3.63, 3.8) is 0 Å². The molecule has 0 saturated carbocycles. The summed E-state index contributed by atoms with van der Waals surface area (Å²) in [6.07, 6.45) is 1.04. The Morgan fingerprint density at radius 2 is 2.00 bits per heavy atom. The second-order valence-corrected chi connectivity index (χ2v) is 6.71. The van der Waals surface area contributed by atoms with Gasteiger partial charge in [0.2, 0.25) is 5.91 Å². The minimum absolute atomic E-state index is 0.0179. The number of likely N-dealkylation sites (tertiary alicyclic amines) is 1. The van der Waals surface area contributed by atoms with E-state index in [1.165, 1.54) is 24.3 Å². The smallest absolute Gasteiger partial charge is 0.251 e. The number of halogens is 1. The number of nitrogens with two attached hydrogens (primary N) is 1. The van der Waals surface area contributed by atoms with Crippen molar-refractivity contribution in [2.45, 2.75) is 32.7 Å². The third-order valence-electron chi connectivity index (χ3n) is 4.40. The van der Waals surface area contributed by atoms with Crippen LogP contribution in [-0.2, 0) is 4.79 Å². The predicted octanol–water partition coefficient (Wildman–Crippen LogP) is 1.53. The highest BCUT2D eigenvalue weighted by Crippen LogP contribution is 2.27. The van der Waals surface area contributed by atoms with Crippen LogP contribution in [0, 0.1) is 11.2 Å². The summed E-state index contributed by atoms with van der Waals surface area (Å²) >= 11 is 0. The van der Waals surface area contributed by atoms with E-state index in [0.717, 1.165) is 6.42 Å². The fourth-order valence-corrected chi connectivity index (χ4v) is 2.73. The van der Waals surface area contributed by atoms with Gasteiger partial charge in [0.25, 0.3) is 5.91 Å². The molecule has 0 spiro atoms. The fourth-order valence-electron chi connectivity index (χ4n) is 2.73. The van der Waals surface area contributed by atoms with Gasteiger partial charge in [0, 0.05) is 37.7 Å². The van der Waals surface area contributed by atoms with Gasteiger partial charge in [0.05, 0.1) is 0 Å². The van der Waals surface area contributed by atoms with Gasteiger partial charge in [-0.1, -0.05) is 13.8 Å². The SMILES string of the molecule is CC1(C)CN(C(=O)CCNC(=O)c2ccc(F)cc2)CCC1N. The Hall–Kier alpha value is -1.95. The molecule has 0 aromatic heterocycles. The first-order valence-electron chi connectivity index (χ1n) is 7.87. The minimum atomic E-state index is -0.386. The zero-order valence-electron chi connectivity index (χ0n) is 13.6. The molecule has 0 bridgehead atoms. The van der Waals surface area contributed by atoms with Gasteiger partial charge in [-0.25, -0.2) is 4.39 Å². The van der Waals surface area contributed by atoms with Crippen molar-refractivity contribution in [3.8, 4) is 0 Å². The average molecular weight is 321 g/mol. The first-order valence-corrected chi connectivity index (χ1v) is 7.87. The van der Waals surface area contributed by atoms with Crippen LogP contribution in [0.15, 0.2) is 24.3 Å². The molecule has 1 aromatic carbocycles. The summed E-state index contributed by atoms with van der Waals surface area (Å²) in [5, 5.41) is 2.68. The van der Waals surface area contributed by atoms with Crippen molar-refractivity contribution < 1.29 is 14.0 Å². The second-order valence-electron chi connectivity index (χ2n) is 6.71. The molecule has 0 aliphatic carbocycles. The summed E-state index contributed by atoms with van der Waals surface area (Å²) in [5.74, 6) is -0.675. The first-order chi connectivity index (χ1) is 10.8. The van der Waals surface area contributed by atoms with Gasteiger partial charge < -0.3 is 16.0 Å². The van der Waals surface area contributed by atoms with Crippen LogP contribution in [0.2, 0.25) is 0 Å². The van der Waals surface area contributed by atoms with Crippen LogP contribution < -0.4 is 11.1 Å². The molecule has 1 saturated heterocycles. The van der Waals surface area contributed by atoms with Gasteiger partial charge in [-0.2, -0.15) is 0 Å². The van der Waals surface area contributed by atoms with E-state index < -0.39 is 0 Å². The number of nitrogens with one attached hydrogen (secondary N) is 1. The molecule has 2 rings (SSSR count). The number of carbonyl (C=O) groups is 2. The summed E-state index contributed by atoms with van der Waals surface area (Å²) < 4.78 is 12.8. The molecule has 1 aliphatic rings. The molecule has 1 atom stereocenters. The van der Waals surface area contributed by atoms with Gasteiger partial charge >= 0.3 is 0 Å². The molecule has 126 valence electrons. The van der Waals surface area contributed by atoms with Crippen molar-refractivity contribution in [1.82, 2.24) is 10.2 Å². The maximum atomic E-state index is 12.8. The van der Waals surface area contributed by atoms with Crippen molar-refractivity contribution in [3.05, 3.63) is 35.6 Å². The third-order valence-corrected chi connectivity index (χ3v) is 4.40. The Labute approximate surface area is 136 Å². The molecule has 0 radical (unpaired) electrons. The maximum absolute atomic E-state index is 12.8. The van der Waals surface area contributed by atoms with E-state index >= 15 is 0 Å². The Morgan fingerprint density at radius 3 is 2.61 bits per heavy atom. The van der Waals surface area contributed by atoms with E-state index in [4.69, 9.17) is 5.73 Å². The third kappa shape index (κ3) is 4.51. The number of hydrogen-bond acceptors (Lipinski definition) is 3. The highest BCUT2D eigenvalue weighted by molar-refractivity contribution is 5.94. The summed E-state index contributed by atoms with van der Waals surface area (Å²) in [6, 6.07) is 5.41. The zero-order chi connectivity index (χ0) is 17.0. The zero-order valence-corrected chi connectivity index (χ0v) is 13.6. The minimum Gasteiger partial charge on any atom is -0.352 e. The van der Waals surface area contributed by atoms with Crippen LogP contribution in [0.25, 0.3) is 0 Å². The average Bonchev–Trinajstić information content (AvgIpc) is 2.50. The van der Waals surface area contributed by atoms with Crippen molar-refractivity contribution >= 4 is 11.8 Å². The highest BCUT2D eigenvalue weighted by atomic mass is 19.1. The van der Waals surface area contributed by atoms with Gasteiger partial charge in [0.1, 0.15) is 5.82 Å². The predicted molar refractivity (Wildman–Crippen MR) is 86.3 cm³/mol. The second kappa shape index (κ2) is 7.08. The lowest BCUT2D eigenvalue weighted by molar-refractivity contribution is -0.134. The van der Waals surface area contributed by atoms with Crippen LogP contribution in [0.5, 0.6) is 0 Å². The normalized spacial score (nSPS) is 20.2. The number of carbonyl (C=O) groups excluding carboxylic acids is 2. The van der Waals surface area contributed by atoms with Crippen LogP contribution in [0.1, 0.15) is 37.0 Å². The van der Waals surface area contributed by atoms with E-state index in [1.807, 2.05) is 4.90 Å². The Morgan fingerprint density at radius 1 is 1.35 bits per heavy atom. The first kappa shape index (κ1) is 17.4. The number of hydrogen-bond donors (Lipinski definition) is 2. The number of amides is 2. The van der Waals surface area contributed by atoms with E-state index in [0.29, 0.717) is 18.7 Å². The Balaban J connectivity index is 1.78. The molecule has 5 nitrogen and oxygen atoms in total. The summed E-state index contributed by atoms with van der Waals surface area (Å²) in [7, 11) is 0. The molecule has 23 heavy (non-hydrogen) atoms. The molecule has 1 heterocycles. The quantitative estimate of drug-likeness (QED) is 0.883. The molecule has 2 amide bonds. The Kier molecular flexibility index (Phi) is 5.36. The molecule has 1 aromatic rings. The van der Waals surface area contributed by atoms with Crippen molar-refractivity contribution in [2.75, 3.05) is 19.6 Å². The van der Waals surface area contributed by atoms with Crippen LogP contribution in [0.3, 0.4) is 0 Å². The topological polar surface area (TPSA) is 75.4 Å². The summed E-state index contributed by atoms with van der Waals surface area (Å²) in [6.45, 7) is 5.69. The standard InChI is InChI=1S/C17H24FN3O2/c1-17(2)11-21(10-8-14(17)19)15(22)7-9-20-16(23)12-3-5-13(18)6-4-12/h3-6,14H,7-11,19H2,1-2H3,(H,20,23). The lowest BCUT2D eigenvalue weighted by Crippen LogP contribution is -2.54. The number of nitrogens with zero attached hydrogens (tertiary/aromatic N) is 1. The lowest BCUT2D eigenvalue weighted by Gasteiger charge is -2.42. The molecular formula is C17H24FN3O2. The fraction of sp³-hybridized carbons (Fsp3) is 0.529. The number of benzene rings is 1. The van der Waals surface area contributed by atoms with E-state index in [9.17, 15) is 14.0 Å². The monoisotopic (exact) mass is 321 g/mol. The highest BCUT2D eigenvalue weighted by Gasteiger charge is 2.35. The maximum Gasteiger partial charge on any atom is 0.251 e. The van der Waals surface area contributed by atoms with Crippen LogP contribution in [0.4, 0.5) is 4.39 Å². The van der Waals surface area contributed by atoms with Gasteiger partial charge in [-0.05, 0) is 36.1 Å². The molecular weight excluding hydrogens is 297 g/mol. The summed E-state index contributed by atoms with van der Waals surface area (Å²) in [4.78, 5) is 25.9. The van der Waals surface area contributed by atoms with Gasteiger partial charge in [-0.3, -0.25) is 9.59 Å². The van der Waals surface area contributed by atoms with E-state index in [-0.39, 0.29) is 42.1 Å². The Bertz CT molecular complexity index is 572. The largest absolute Gasteiger partial charge is 0.352 e. The molecule has 1 unspecified atom stereocenters. The van der Waals surface area contributed by atoms with E-state index in [1.54, 1.807) is 0 Å². The lowest BCUT2D eigenvalue weighted by atomic mass is 9.79. The van der Waals surface area contributed by atoms with E-state index in [2.05, 4.69) is 19.2 Å². The molecule has 6 heteroatoms. The number of rotatable bonds is 4. The molecule has 1 aliphatic heterocycles. The van der Waals surface area contributed by atoms with Crippen LogP contribution in [-0.4, -0.2) is 42.4 Å². The van der Waals surface area contributed by atoms with Gasteiger partial charge in [0.15, 0.2) is 0 Å². The summed E-state index contributed by atoms with van der Waals surface area (Å²) in [5.41, 5.74) is 6.35. The van der Waals surface area contributed by atoms with Crippen molar-refractivity contribution in [1.29, 1.82) is 0 Å². The van der Waals surface area contributed by atoms with Crippen molar-refractivity contribution in [2.24, 2.45) is 11.1 Å². The van der Waals surface area contributed by atoms with Gasteiger partial charge in [-0.15, -0.1) is 0 Å². The number of piperidine rings is 1. The molecule has 3 N–H and O–H groups in total.